The lowest BCUT2D eigenvalue weighted by atomic mass is 10.0. The van der Waals surface area contributed by atoms with E-state index in [-0.39, 0.29) is 17.9 Å². The zero-order valence-electron chi connectivity index (χ0n) is 17.7. The van der Waals surface area contributed by atoms with E-state index in [1.807, 2.05) is 19.1 Å². The number of anilines is 1. The summed E-state index contributed by atoms with van der Waals surface area (Å²) in [5.74, 6) is 0.552. The van der Waals surface area contributed by atoms with Crippen molar-refractivity contribution >= 4 is 29.1 Å². The number of carbonyl (C=O) groups excluding carboxylic acids is 2. The minimum atomic E-state index is -0.0380. The van der Waals surface area contributed by atoms with Crippen LogP contribution in [-0.4, -0.2) is 47.3 Å². The van der Waals surface area contributed by atoms with Crippen molar-refractivity contribution in [3.63, 3.8) is 0 Å². The number of piperazine rings is 1. The number of rotatable bonds is 6. The molecule has 3 rings (SSSR count). The molecule has 5 nitrogen and oxygen atoms in total. The van der Waals surface area contributed by atoms with Crippen LogP contribution in [0.5, 0.6) is 0 Å². The number of halogens is 1. The summed E-state index contributed by atoms with van der Waals surface area (Å²) in [5.41, 5.74) is 2.93. The molecule has 1 aliphatic heterocycles. The highest BCUT2D eigenvalue weighted by Gasteiger charge is 2.33. The molecule has 6 heteroatoms. The Kier molecular flexibility index (Phi) is 7.58. The van der Waals surface area contributed by atoms with Crippen molar-refractivity contribution in [2.45, 2.75) is 65.0 Å². The molecule has 1 atom stereocenters. The molecule has 1 aliphatic carbocycles. The van der Waals surface area contributed by atoms with E-state index in [4.69, 9.17) is 11.6 Å². The minimum absolute atomic E-state index is 0.0380. The summed E-state index contributed by atoms with van der Waals surface area (Å²) in [4.78, 5) is 29.3. The van der Waals surface area contributed by atoms with Crippen LogP contribution in [0.15, 0.2) is 12.1 Å². The Bertz CT molecular complexity index is 746. The van der Waals surface area contributed by atoms with Gasteiger partial charge in [-0.2, -0.15) is 0 Å². The number of hydrogen-bond acceptors (Lipinski definition) is 3. The maximum absolute atomic E-state index is 12.8. The third-order valence-corrected chi connectivity index (χ3v) is 6.47. The van der Waals surface area contributed by atoms with Gasteiger partial charge in [0.15, 0.2) is 0 Å². The molecule has 1 saturated carbocycles. The number of amides is 2. The monoisotopic (exact) mass is 418 g/mol. The number of nitrogens with zero attached hydrogens (tertiary/aromatic N) is 2. The van der Waals surface area contributed by atoms with E-state index < -0.39 is 0 Å². The van der Waals surface area contributed by atoms with Crippen molar-refractivity contribution in [3.8, 4) is 0 Å². The molecule has 29 heavy (non-hydrogen) atoms. The summed E-state index contributed by atoms with van der Waals surface area (Å²) >= 11 is 6.33. The van der Waals surface area contributed by atoms with Gasteiger partial charge in [0.05, 0.1) is 0 Å². The van der Waals surface area contributed by atoms with Crippen LogP contribution >= 0.6 is 11.6 Å². The lowest BCUT2D eigenvalue weighted by Gasteiger charge is -2.41. The second kappa shape index (κ2) is 9.94. The molecule has 1 N–H and O–H groups in total. The first kappa shape index (κ1) is 22.1. The van der Waals surface area contributed by atoms with Gasteiger partial charge in [0, 0.05) is 55.3 Å². The summed E-state index contributed by atoms with van der Waals surface area (Å²) < 4.78 is 0. The maximum atomic E-state index is 12.8. The van der Waals surface area contributed by atoms with E-state index in [9.17, 15) is 9.59 Å². The Morgan fingerprint density at radius 3 is 2.62 bits per heavy atom. The van der Waals surface area contributed by atoms with Crippen LogP contribution < -0.4 is 5.32 Å². The molecule has 1 saturated heterocycles. The molecule has 2 amide bonds. The predicted molar refractivity (Wildman–Crippen MR) is 118 cm³/mol. The van der Waals surface area contributed by atoms with Gasteiger partial charge < -0.3 is 10.2 Å². The van der Waals surface area contributed by atoms with E-state index >= 15 is 0 Å². The van der Waals surface area contributed by atoms with E-state index in [1.54, 1.807) is 0 Å². The van der Waals surface area contributed by atoms with Gasteiger partial charge in [-0.15, -0.1) is 0 Å². The number of benzene rings is 1. The first-order valence-corrected chi connectivity index (χ1v) is 11.2. The van der Waals surface area contributed by atoms with Gasteiger partial charge in [-0.1, -0.05) is 31.4 Å². The van der Waals surface area contributed by atoms with Crippen molar-refractivity contribution in [3.05, 3.63) is 35.2 Å². The molecule has 1 aromatic carbocycles. The zero-order valence-corrected chi connectivity index (χ0v) is 18.4. The van der Waals surface area contributed by atoms with Gasteiger partial charge in [-0.3, -0.25) is 14.5 Å². The van der Waals surface area contributed by atoms with Gasteiger partial charge in [0.1, 0.15) is 0 Å². The largest absolute Gasteiger partial charge is 0.337 e. The maximum Gasteiger partial charge on any atom is 0.226 e. The van der Waals surface area contributed by atoms with Crippen molar-refractivity contribution in [2.75, 3.05) is 25.0 Å². The number of nitrogens with one attached hydrogen (secondary N) is 1. The zero-order chi connectivity index (χ0) is 21.0. The number of hydrogen-bond donors (Lipinski definition) is 1. The summed E-state index contributed by atoms with van der Waals surface area (Å²) in [6, 6.07) is 4.00. The van der Waals surface area contributed by atoms with Gasteiger partial charge in [0.25, 0.3) is 0 Å². The Morgan fingerprint density at radius 2 is 1.97 bits per heavy atom. The smallest absolute Gasteiger partial charge is 0.226 e. The van der Waals surface area contributed by atoms with E-state index in [0.717, 1.165) is 55.8 Å². The molecular weight excluding hydrogens is 386 g/mol. The molecule has 0 spiro atoms. The second-order valence-electron chi connectivity index (χ2n) is 8.49. The normalized spacial score (nSPS) is 20.8. The van der Waals surface area contributed by atoms with Gasteiger partial charge in [-0.05, 0) is 56.4 Å². The average Bonchev–Trinajstić information content (AvgIpc) is 3.20. The van der Waals surface area contributed by atoms with Crippen molar-refractivity contribution in [1.29, 1.82) is 0 Å². The Morgan fingerprint density at radius 1 is 1.24 bits per heavy atom. The molecule has 159 valence electrons. The Labute approximate surface area is 179 Å². The van der Waals surface area contributed by atoms with Crippen LogP contribution in [0.25, 0.3) is 0 Å². The third kappa shape index (κ3) is 5.52. The highest BCUT2D eigenvalue weighted by atomic mass is 35.5. The van der Waals surface area contributed by atoms with Gasteiger partial charge >= 0.3 is 0 Å². The molecule has 1 heterocycles. The SMILES string of the molecule is [CH2]CCC(=O)Nc1cc(Cl)cc(CN2CCN(C(=O)C3CCCC3)[C@@H](C)C2)c1C. The predicted octanol–water partition coefficient (Wildman–Crippen LogP) is 4.42. The molecule has 0 unspecified atom stereocenters. The summed E-state index contributed by atoms with van der Waals surface area (Å²) in [6.07, 6.45) is 5.45. The van der Waals surface area contributed by atoms with Crippen LogP contribution in [0.2, 0.25) is 5.02 Å². The molecule has 1 radical (unpaired) electrons. The van der Waals surface area contributed by atoms with Crippen LogP contribution in [0.1, 0.15) is 56.6 Å². The fourth-order valence-corrected chi connectivity index (χ4v) is 4.80. The quantitative estimate of drug-likeness (QED) is 0.743. The molecule has 2 fully saturated rings. The van der Waals surface area contributed by atoms with Crippen LogP contribution in [0, 0.1) is 19.8 Å². The summed E-state index contributed by atoms with van der Waals surface area (Å²) in [5, 5.41) is 3.58. The van der Waals surface area contributed by atoms with Crippen molar-refractivity contribution < 1.29 is 9.59 Å². The Hall–Kier alpha value is -1.59. The lowest BCUT2D eigenvalue weighted by molar-refractivity contribution is -0.140. The third-order valence-electron chi connectivity index (χ3n) is 6.25. The molecular formula is C23H33ClN3O2. The highest BCUT2D eigenvalue weighted by molar-refractivity contribution is 6.31. The first-order valence-electron chi connectivity index (χ1n) is 10.8. The van der Waals surface area contributed by atoms with Gasteiger partial charge in [-0.25, -0.2) is 0 Å². The van der Waals surface area contributed by atoms with E-state index in [2.05, 4.69) is 29.0 Å². The highest BCUT2D eigenvalue weighted by Crippen LogP contribution is 2.29. The summed E-state index contributed by atoms with van der Waals surface area (Å²) in [7, 11) is 0. The lowest BCUT2D eigenvalue weighted by Crippen LogP contribution is -2.54. The minimum Gasteiger partial charge on any atom is -0.337 e. The molecule has 1 aromatic rings. The fourth-order valence-electron chi connectivity index (χ4n) is 4.56. The number of carbonyl (C=O) groups is 2. The molecule has 2 aliphatic rings. The fraction of sp³-hybridized carbons (Fsp3) is 0.609. The second-order valence-corrected chi connectivity index (χ2v) is 8.92. The molecule has 0 aromatic heterocycles. The van der Waals surface area contributed by atoms with Crippen LogP contribution in [0.3, 0.4) is 0 Å². The van der Waals surface area contributed by atoms with Crippen molar-refractivity contribution in [1.82, 2.24) is 9.80 Å². The Balaban J connectivity index is 1.64. The van der Waals surface area contributed by atoms with E-state index in [0.29, 0.717) is 23.8 Å². The van der Waals surface area contributed by atoms with Crippen LogP contribution in [-0.2, 0) is 16.1 Å². The molecule has 0 bridgehead atoms. The van der Waals surface area contributed by atoms with Crippen molar-refractivity contribution in [2.24, 2.45) is 5.92 Å². The van der Waals surface area contributed by atoms with Gasteiger partial charge in [0.2, 0.25) is 11.8 Å². The van der Waals surface area contributed by atoms with Crippen LogP contribution in [0.4, 0.5) is 5.69 Å². The average molecular weight is 419 g/mol. The standard InChI is InChI=1S/C23H33ClN3O2/c1-4-7-22(28)25-21-13-20(24)12-19(17(21)3)15-26-10-11-27(16(2)14-26)23(29)18-8-5-6-9-18/h12-13,16,18H,1,4-11,14-15H2,2-3H3,(H,25,28)/t16-/m0/s1. The topological polar surface area (TPSA) is 52.7 Å². The first-order chi connectivity index (χ1) is 13.9. The van der Waals surface area contributed by atoms with E-state index in [1.165, 1.54) is 12.8 Å². The summed E-state index contributed by atoms with van der Waals surface area (Å²) in [6.45, 7) is 11.2.